The number of hydrogen-bond donors (Lipinski definition) is 10. The van der Waals surface area contributed by atoms with Crippen molar-refractivity contribution in [3.8, 4) is 0 Å². The minimum atomic E-state index is -1.23. The highest BCUT2D eigenvalue weighted by atomic mass is 32.1. The van der Waals surface area contributed by atoms with Crippen molar-refractivity contribution in [3.05, 3.63) is 0 Å². The zero-order valence-electron chi connectivity index (χ0n) is 18.4. The molecule has 0 aliphatic heterocycles. The van der Waals surface area contributed by atoms with Crippen molar-refractivity contribution in [3.63, 3.8) is 0 Å². The number of hydrogen-bond acceptors (Lipinski definition) is 9. The average Bonchev–Trinajstić information content (AvgIpc) is 2.77. The lowest BCUT2D eigenvalue weighted by Gasteiger charge is -2.24. The number of carbonyl (C=O) groups excluding carboxylic acids is 3. The standard InChI is InChI=1S/C18H36N8O5S2/c19-6-2-1-4-11(24-16(29)13(9-33)26-14(27)10(20)8-32)15(28)25-12(17(30)31)5-3-7-23-18(21)22/h10-13,32-33H,1-9,19-20H2,(H,24,29)(H,25,28)(H,26,27)(H,30,31)(H4,21,22,23). The number of nitrogens with one attached hydrogen (secondary N) is 3. The van der Waals surface area contributed by atoms with Crippen LogP contribution in [0.1, 0.15) is 32.1 Å². The summed E-state index contributed by atoms with van der Waals surface area (Å²) in [6, 6.07) is -4.20. The van der Waals surface area contributed by atoms with Crippen LogP contribution in [0.5, 0.6) is 0 Å². The van der Waals surface area contributed by atoms with Gasteiger partial charge in [-0.15, -0.1) is 0 Å². The first-order valence-electron chi connectivity index (χ1n) is 10.4. The van der Waals surface area contributed by atoms with Crippen molar-refractivity contribution in [2.45, 2.75) is 56.3 Å². The monoisotopic (exact) mass is 508 g/mol. The van der Waals surface area contributed by atoms with Crippen LogP contribution in [0.3, 0.4) is 0 Å². The molecule has 0 rings (SSSR count). The van der Waals surface area contributed by atoms with Crippen LogP contribution < -0.4 is 38.9 Å². The summed E-state index contributed by atoms with van der Waals surface area (Å²) in [5.41, 5.74) is 21.6. The third-order valence-electron chi connectivity index (χ3n) is 4.49. The summed E-state index contributed by atoms with van der Waals surface area (Å²) >= 11 is 8.01. The Morgan fingerprint density at radius 3 is 1.88 bits per heavy atom. The molecule has 4 atom stereocenters. The second-order valence-corrected chi connectivity index (χ2v) is 7.96. The van der Waals surface area contributed by atoms with Gasteiger partial charge in [0.15, 0.2) is 5.96 Å². The summed E-state index contributed by atoms with van der Waals surface area (Å²) in [4.78, 5) is 52.8. The highest BCUT2D eigenvalue weighted by Crippen LogP contribution is 2.05. The van der Waals surface area contributed by atoms with E-state index in [9.17, 15) is 24.3 Å². The lowest BCUT2D eigenvalue weighted by molar-refractivity contribution is -0.142. The average molecular weight is 509 g/mol. The molecule has 0 saturated carbocycles. The highest BCUT2D eigenvalue weighted by Gasteiger charge is 2.29. The van der Waals surface area contributed by atoms with Gasteiger partial charge < -0.3 is 44.0 Å². The topological polar surface area (TPSA) is 241 Å². The number of aliphatic imine (C=N–C) groups is 1. The van der Waals surface area contributed by atoms with E-state index in [1.807, 2.05) is 0 Å². The Hall–Kier alpha value is -2.23. The molecule has 0 aromatic rings. The molecule has 12 N–H and O–H groups in total. The maximum Gasteiger partial charge on any atom is 0.326 e. The minimum absolute atomic E-state index is 0.0451. The number of aliphatic carboxylic acids is 1. The summed E-state index contributed by atoms with van der Waals surface area (Å²) in [5, 5.41) is 16.9. The molecule has 190 valence electrons. The highest BCUT2D eigenvalue weighted by molar-refractivity contribution is 7.80. The third-order valence-corrected chi connectivity index (χ3v) is 5.25. The molecule has 15 heteroatoms. The van der Waals surface area contributed by atoms with Gasteiger partial charge in [0.25, 0.3) is 0 Å². The number of nitrogens with two attached hydrogens (primary N) is 4. The molecule has 0 aliphatic carbocycles. The second kappa shape index (κ2) is 17.3. The molecule has 0 aromatic carbocycles. The molecule has 3 amide bonds. The number of guanidine groups is 1. The molecule has 0 radical (unpaired) electrons. The predicted octanol–water partition coefficient (Wildman–Crippen LogP) is -3.11. The van der Waals surface area contributed by atoms with Crippen molar-refractivity contribution >= 4 is 54.9 Å². The van der Waals surface area contributed by atoms with E-state index in [0.29, 0.717) is 25.8 Å². The fraction of sp³-hybridized carbons (Fsp3) is 0.722. The summed E-state index contributed by atoms with van der Waals surface area (Å²) in [6.07, 6.45) is 1.73. The molecule has 0 fully saturated rings. The van der Waals surface area contributed by atoms with E-state index < -0.39 is 47.9 Å². The lowest BCUT2D eigenvalue weighted by Crippen LogP contribution is -2.57. The van der Waals surface area contributed by atoms with E-state index in [1.54, 1.807) is 0 Å². The SMILES string of the molecule is NCCCCC(NC(=O)C(CS)NC(=O)C(N)CS)C(=O)NC(CCCN=C(N)N)C(=O)O. The van der Waals surface area contributed by atoms with E-state index in [0.717, 1.165) is 0 Å². The van der Waals surface area contributed by atoms with Gasteiger partial charge in [0, 0.05) is 18.1 Å². The zero-order chi connectivity index (χ0) is 25.4. The molecule has 13 nitrogen and oxygen atoms in total. The normalized spacial score (nSPS) is 14.3. The first-order chi connectivity index (χ1) is 15.6. The summed E-state index contributed by atoms with van der Waals surface area (Å²) < 4.78 is 0. The van der Waals surface area contributed by atoms with Gasteiger partial charge in [0.2, 0.25) is 17.7 Å². The van der Waals surface area contributed by atoms with Crippen molar-refractivity contribution in [2.24, 2.45) is 27.9 Å². The van der Waals surface area contributed by atoms with Gasteiger partial charge in [0.05, 0.1) is 6.04 Å². The molecule has 0 aliphatic rings. The molecule has 0 heterocycles. The Morgan fingerprint density at radius 2 is 1.36 bits per heavy atom. The molecular formula is C18H36N8O5S2. The Morgan fingerprint density at radius 1 is 0.818 bits per heavy atom. The number of carboxylic acids is 1. The van der Waals surface area contributed by atoms with Crippen molar-refractivity contribution in [1.82, 2.24) is 16.0 Å². The van der Waals surface area contributed by atoms with E-state index in [2.05, 4.69) is 46.2 Å². The third kappa shape index (κ3) is 13.2. The first-order valence-corrected chi connectivity index (χ1v) is 11.7. The van der Waals surface area contributed by atoms with Crippen LogP contribution in [0.4, 0.5) is 0 Å². The van der Waals surface area contributed by atoms with Crippen LogP contribution in [0.25, 0.3) is 0 Å². The van der Waals surface area contributed by atoms with Gasteiger partial charge in [-0.2, -0.15) is 25.3 Å². The van der Waals surface area contributed by atoms with Gasteiger partial charge in [-0.1, -0.05) is 0 Å². The molecule has 0 aromatic heterocycles. The van der Waals surface area contributed by atoms with Crippen LogP contribution >= 0.6 is 25.3 Å². The van der Waals surface area contributed by atoms with Crippen LogP contribution in [0.2, 0.25) is 0 Å². The number of nitrogens with zero attached hydrogens (tertiary/aromatic N) is 1. The number of carboxylic acid groups (broad SMARTS) is 1. The lowest BCUT2D eigenvalue weighted by atomic mass is 10.1. The number of unbranched alkanes of at least 4 members (excludes halogenated alkanes) is 1. The van der Waals surface area contributed by atoms with Crippen LogP contribution in [-0.4, -0.2) is 83.5 Å². The number of thiol groups is 2. The predicted molar refractivity (Wildman–Crippen MR) is 132 cm³/mol. The summed E-state index contributed by atoms with van der Waals surface area (Å²) in [6.45, 7) is 0.595. The van der Waals surface area contributed by atoms with Gasteiger partial charge in [-0.05, 0) is 38.6 Å². The second-order valence-electron chi connectivity index (χ2n) is 7.23. The quantitative estimate of drug-likeness (QED) is 0.0413. The molecule has 0 bridgehead atoms. The molecule has 0 saturated heterocycles. The van der Waals surface area contributed by atoms with E-state index in [-0.39, 0.29) is 36.9 Å². The minimum Gasteiger partial charge on any atom is -0.480 e. The molecule has 0 spiro atoms. The van der Waals surface area contributed by atoms with Gasteiger partial charge >= 0.3 is 5.97 Å². The van der Waals surface area contributed by atoms with E-state index in [4.69, 9.17) is 22.9 Å². The Labute approximate surface area is 204 Å². The molecule has 33 heavy (non-hydrogen) atoms. The molecular weight excluding hydrogens is 472 g/mol. The summed E-state index contributed by atoms with van der Waals surface area (Å²) in [7, 11) is 0. The fourth-order valence-electron chi connectivity index (χ4n) is 2.62. The van der Waals surface area contributed by atoms with E-state index in [1.165, 1.54) is 0 Å². The van der Waals surface area contributed by atoms with Gasteiger partial charge in [-0.3, -0.25) is 19.4 Å². The Kier molecular flexibility index (Phi) is 16.1. The van der Waals surface area contributed by atoms with Crippen molar-refractivity contribution in [1.29, 1.82) is 0 Å². The van der Waals surface area contributed by atoms with E-state index >= 15 is 0 Å². The molecule has 4 unspecified atom stereocenters. The van der Waals surface area contributed by atoms with Gasteiger partial charge in [0.1, 0.15) is 18.1 Å². The number of amides is 3. The largest absolute Gasteiger partial charge is 0.480 e. The van der Waals surface area contributed by atoms with Crippen molar-refractivity contribution < 1.29 is 24.3 Å². The van der Waals surface area contributed by atoms with Crippen LogP contribution in [0.15, 0.2) is 4.99 Å². The maximum absolute atomic E-state index is 12.8. The smallest absolute Gasteiger partial charge is 0.326 e. The zero-order valence-corrected chi connectivity index (χ0v) is 20.2. The van der Waals surface area contributed by atoms with Gasteiger partial charge in [-0.25, -0.2) is 4.79 Å². The number of carbonyl (C=O) groups is 4. The van der Waals surface area contributed by atoms with Crippen LogP contribution in [-0.2, 0) is 19.2 Å². The van der Waals surface area contributed by atoms with Crippen LogP contribution in [0, 0.1) is 0 Å². The summed E-state index contributed by atoms with van der Waals surface area (Å²) in [5.74, 6) is -3.23. The van der Waals surface area contributed by atoms with Crippen molar-refractivity contribution in [2.75, 3.05) is 24.6 Å². The Bertz CT molecular complexity index is 678. The first kappa shape index (κ1) is 30.8. The maximum atomic E-state index is 12.8. The Balaban J connectivity index is 5.23. The fourth-order valence-corrected chi connectivity index (χ4v) is 3.05. The number of rotatable bonds is 17.